The highest BCUT2D eigenvalue weighted by Crippen LogP contribution is 2.46. The summed E-state index contributed by atoms with van der Waals surface area (Å²) in [4.78, 5) is 59.8. The van der Waals surface area contributed by atoms with Gasteiger partial charge in [0, 0.05) is 38.4 Å². The molecule has 0 radical (unpaired) electrons. The average Bonchev–Trinajstić information content (AvgIpc) is 3.72. The van der Waals surface area contributed by atoms with Crippen molar-refractivity contribution in [3.05, 3.63) is 41.0 Å². The van der Waals surface area contributed by atoms with Crippen LogP contribution in [0.2, 0.25) is 0 Å². The van der Waals surface area contributed by atoms with E-state index < -0.39 is 44.0 Å². The van der Waals surface area contributed by atoms with Crippen molar-refractivity contribution in [3.8, 4) is 16.5 Å². The molecule has 1 fully saturated rings. The standard InChI is InChI=1S/C39H59N6O7PS/c1-26(2)45(27(3)4)53(51-21-13-19-40)50-20-12-10-11-14-34(47)43-36(39(7,8)9)38(49)44-24-32(52-29(6)46)22-33(44)37(48)41-23-30-15-17-31(18-16-30)35-28(5)42-25-54-35/h15-18,25-27,32-33,36H,10-14,20-24H2,1-9H3,(H,41,48)(H,43,47)/t32?,33?,36-,53?/m1/s1. The lowest BCUT2D eigenvalue weighted by atomic mass is 9.85. The van der Waals surface area contributed by atoms with Crippen molar-refractivity contribution in [1.82, 2.24) is 25.2 Å². The summed E-state index contributed by atoms with van der Waals surface area (Å²) in [5, 5.41) is 14.8. The molecule has 54 heavy (non-hydrogen) atoms. The van der Waals surface area contributed by atoms with E-state index in [0.29, 0.717) is 26.1 Å². The zero-order chi connectivity index (χ0) is 40.0. The first-order valence-corrected chi connectivity index (χ1v) is 20.8. The van der Waals surface area contributed by atoms with Crippen LogP contribution in [-0.2, 0) is 39.5 Å². The van der Waals surface area contributed by atoms with E-state index in [0.717, 1.165) is 34.5 Å². The van der Waals surface area contributed by atoms with Gasteiger partial charge < -0.3 is 29.3 Å². The van der Waals surface area contributed by atoms with E-state index in [1.807, 2.05) is 57.5 Å². The number of ether oxygens (including phenoxy) is 1. The number of rotatable bonds is 20. The molecule has 3 unspecified atom stereocenters. The maximum absolute atomic E-state index is 14.2. The van der Waals surface area contributed by atoms with Gasteiger partial charge >= 0.3 is 5.97 Å². The zero-order valence-corrected chi connectivity index (χ0v) is 35.1. The number of aryl methyl sites for hydroxylation is 1. The molecule has 298 valence electrons. The summed E-state index contributed by atoms with van der Waals surface area (Å²) in [5.74, 6) is -1.50. The summed E-state index contributed by atoms with van der Waals surface area (Å²) < 4.78 is 19.7. The van der Waals surface area contributed by atoms with Crippen molar-refractivity contribution in [3.63, 3.8) is 0 Å². The van der Waals surface area contributed by atoms with Gasteiger partial charge in [0.15, 0.2) is 0 Å². The molecule has 1 aliphatic rings. The Morgan fingerprint density at radius 1 is 1.06 bits per heavy atom. The fraction of sp³-hybridized carbons (Fsp3) is 0.641. The second-order valence-corrected chi connectivity index (χ2v) is 17.5. The highest BCUT2D eigenvalue weighted by molar-refractivity contribution is 7.44. The largest absolute Gasteiger partial charge is 0.461 e. The van der Waals surface area contributed by atoms with Gasteiger partial charge in [0.1, 0.15) is 18.2 Å². The van der Waals surface area contributed by atoms with Crippen molar-refractivity contribution < 1.29 is 33.0 Å². The first kappa shape index (κ1) is 44.9. The molecule has 1 aliphatic heterocycles. The second-order valence-electron chi connectivity index (χ2n) is 15.2. The topological polar surface area (TPSA) is 163 Å². The molecule has 0 spiro atoms. The summed E-state index contributed by atoms with van der Waals surface area (Å²) in [7, 11) is -1.32. The second kappa shape index (κ2) is 21.6. The van der Waals surface area contributed by atoms with Gasteiger partial charge in [-0.05, 0) is 64.0 Å². The van der Waals surface area contributed by atoms with Gasteiger partial charge in [-0.25, -0.2) is 9.65 Å². The third kappa shape index (κ3) is 13.7. The maximum atomic E-state index is 14.2. The average molecular weight is 787 g/mol. The molecule has 4 atom stereocenters. The Morgan fingerprint density at radius 3 is 2.30 bits per heavy atom. The number of aromatic nitrogens is 1. The molecule has 15 heteroatoms. The van der Waals surface area contributed by atoms with E-state index in [1.54, 1.807) is 11.3 Å². The number of carbonyl (C=O) groups is 4. The van der Waals surface area contributed by atoms with Crippen LogP contribution >= 0.6 is 19.9 Å². The van der Waals surface area contributed by atoms with Crippen molar-refractivity contribution in [2.45, 2.75) is 138 Å². The number of likely N-dealkylation sites (tertiary alicyclic amines) is 1. The summed E-state index contributed by atoms with van der Waals surface area (Å²) in [6, 6.07) is 8.63. The first-order chi connectivity index (χ1) is 25.5. The Kier molecular flexibility index (Phi) is 17.9. The molecule has 13 nitrogen and oxygen atoms in total. The van der Waals surface area contributed by atoms with Gasteiger partial charge in [-0.1, -0.05) is 51.5 Å². The zero-order valence-electron chi connectivity index (χ0n) is 33.3. The minimum atomic E-state index is -1.32. The first-order valence-electron chi connectivity index (χ1n) is 18.8. The molecule has 3 amide bonds. The molecule has 0 saturated carbocycles. The van der Waals surface area contributed by atoms with E-state index >= 15 is 0 Å². The Bertz CT molecular complexity index is 1560. The fourth-order valence-electron chi connectivity index (χ4n) is 6.34. The maximum Gasteiger partial charge on any atom is 0.302 e. The van der Waals surface area contributed by atoms with Crippen molar-refractivity contribution in [1.29, 1.82) is 5.26 Å². The molecule has 1 aromatic carbocycles. The van der Waals surface area contributed by atoms with Crippen LogP contribution < -0.4 is 10.6 Å². The lowest BCUT2D eigenvalue weighted by molar-refractivity contribution is -0.147. The van der Waals surface area contributed by atoms with E-state index in [-0.39, 0.29) is 49.8 Å². The predicted molar refractivity (Wildman–Crippen MR) is 211 cm³/mol. The molecular weight excluding hydrogens is 728 g/mol. The monoisotopic (exact) mass is 786 g/mol. The molecule has 2 aromatic rings. The van der Waals surface area contributed by atoms with Crippen LogP contribution in [0, 0.1) is 23.7 Å². The molecule has 0 aliphatic carbocycles. The van der Waals surface area contributed by atoms with E-state index in [2.05, 4.69) is 54.1 Å². The van der Waals surface area contributed by atoms with Crippen molar-refractivity contribution in [2.75, 3.05) is 19.8 Å². The quantitative estimate of drug-likeness (QED) is 0.0844. The smallest absolute Gasteiger partial charge is 0.302 e. The molecule has 3 rings (SSSR count). The van der Waals surface area contributed by atoms with Crippen LogP contribution in [-0.4, -0.2) is 88.3 Å². The minimum absolute atomic E-state index is 0.0513. The normalized spacial score (nSPS) is 17.1. The summed E-state index contributed by atoms with van der Waals surface area (Å²) in [5.41, 5.74) is 4.06. The molecule has 2 N–H and O–H groups in total. The SMILES string of the molecule is CC(=O)OC1CC(C(=O)NCc2ccc(-c3scnc3C)cc2)N(C(=O)[C@@H](NC(=O)CCCCCOP(OCCC#N)N(C(C)C)C(C)C)C(C)(C)C)C1. The number of nitrogens with zero attached hydrogens (tertiary/aromatic N) is 4. The van der Waals surface area contributed by atoms with E-state index in [9.17, 15) is 19.2 Å². The molecule has 1 aromatic heterocycles. The number of unbranched alkanes of at least 4 members (excludes halogenated alkanes) is 2. The van der Waals surface area contributed by atoms with Gasteiger partial charge in [0.05, 0.1) is 48.3 Å². The Labute approximate surface area is 326 Å². The number of hydrogen-bond acceptors (Lipinski definition) is 11. The van der Waals surface area contributed by atoms with Gasteiger partial charge in [0.25, 0.3) is 8.53 Å². The van der Waals surface area contributed by atoms with Crippen molar-refractivity contribution in [2.24, 2.45) is 5.41 Å². The summed E-state index contributed by atoms with van der Waals surface area (Å²) in [6.45, 7) is 18.3. The van der Waals surface area contributed by atoms with Crippen LogP contribution in [0.3, 0.4) is 0 Å². The van der Waals surface area contributed by atoms with Crippen LogP contribution in [0.1, 0.15) is 105 Å². The highest BCUT2D eigenvalue weighted by atomic mass is 32.1. The van der Waals surface area contributed by atoms with Crippen LogP contribution in [0.25, 0.3) is 10.4 Å². The Morgan fingerprint density at radius 2 is 1.72 bits per heavy atom. The number of hydrogen-bond donors (Lipinski definition) is 2. The van der Waals surface area contributed by atoms with Crippen LogP contribution in [0.15, 0.2) is 29.8 Å². The number of carbonyl (C=O) groups excluding carboxylic acids is 4. The third-order valence-electron chi connectivity index (χ3n) is 8.94. The number of amides is 3. The van der Waals surface area contributed by atoms with E-state index in [1.165, 1.54) is 11.8 Å². The lowest BCUT2D eigenvalue weighted by Crippen LogP contribution is -2.57. The van der Waals surface area contributed by atoms with Gasteiger partial charge in [-0.2, -0.15) is 5.26 Å². The number of thiazole rings is 1. The van der Waals surface area contributed by atoms with Gasteiger partial charge in [-0.3, -0.25) is 19.2 Å². The highest BCUT2D eigenvalue weighted by Gasteiger charge is 2.45. The minimum Gasteiger partial charge on any atom is -0.461 e. The lowest BCUT2D eigenvalue weighted by Gasteiger charge is -2.35. The number of esters is 1. The van der Waals surface area contributed by atoms with Gasteiger partial charge in [0.2, 0.25) is 17.7 Å². The Balaban J connectivity index is 1.58. The molecule has 2 heterocycles. The predicted octanol–water partition coefficient (Wildman–Crippen LogP) is 6.65. The summed E-state index contributed by atoms with van der Waals surface area (Å²) >= 11 is 1.57. The van der Waals surface area contributed by atoms with E-state index in [4.69, 9.17) is 19.0 Å². The number of nitriles is 1. The van der Waals surface area contributed by atoms with Gasteiger partial charge in [-0.15, -0.1) is 11.3 Å². The Hall–Kier alpha value is -3.47. The molecule has 0 bridgehead atoms. The number of nitrogens with one attached hydrogen (secondary N) is 2. The third-order valence-corrected chi connectivity index (χ3v) is 12.0. The summed E-state index contributed by atoms with van der Waals surface area (Å²) in [6.07, 6.45) is 2.08. The fourth-order valence-corrected chi connectivity index (χ4v) is 8.78. The molecular formula is C39H59N6O7PS. The number of benzene rings is 1. The molecule has 1 saturated heterocycles. The van der Waals surface area contributed by atoms with Crippen LogP contribution in [0.4, 0.5) is 0 Å². The van der Waals surface area contributed by atoms with Crippen LogP contribution in [0.5, 0.6) is 0 Å². The van der Waals surface area contributed by atoms with Crippen molar-refractivity contribution >= 4 is 43.6 Å².